The fourth-order valence-electron chi connectivity index (χ4n) is 4.58. The molecule has 7 heteroatoms. The van der Waals surface area contributed by atoms with Gasteiger partial charge in [0, 0.05) is 30.0 Å². The maximum Gasteiger partial charge on any atom is 0.255 e. The SMILES string of the molecule is O=C(Nc1cccc(-c2nc3ncccc3o2)c1)[C@@H]1OCCN(C2CC2)[C@H]1c1ccccc1. The van der Waals surface area contributed by atoms with E-state index >= 15 is 0 Å². The van der Waals surface area contributed by atoms with Crippen molar-refractivity contribution in [3.8, 4) is 11.5 Å². The number of nitrogens with zero attached hydrogens (tertiary/aromatic N) is 3. The van der Waals surface area contributed by atoms with Gasteiger partial charge in [-0.1, -0.05) is 36.4 Å². The van der Waals surface area contributed by atoms with Gasteiger partial charge in [0.05, 0.1) is 12.6 Å². The van der Waals surface area contributed by atoms with Gasteiger partial charge in [0.2, 0.25) is 5.89 Å². The van der Waals surface area contributed by atoms with Gasteiger partial charge >= 0.3 is 0 Å². The van der Waals surface area contributed by atoms with E-state index in [-0.39, 0.29) is 11.9 Å². The molecule has 1 aliphatic carbocycles. The van der Waals surface area contributed by atoms with Crippen molar-refractivity contribution in [2.45, 2.75) is 31.0 Å². The second-order valence-corrected chi connectivity index (χ2v) is 8.53. The Morgan fingerprint density at radius 1 is 1.03 bits per heavy atom. The van der Waals surface area contributed by atoms with Crippen LogP contribution >= 0.6 is 0 Å². The first-order valence-corrected chi connectivity index (χ1v) is 11.3. The molecule has 2 aliphatic rings. The number of oxazole rings is 1. The van der Waals surface area contributed by atoms with Gasteiger partial charge in [0.25, 0.3) is 5.91 Å². The third-order valence-corrected chi connectivity index (χ3v) is 6.25. The van der Waals surface area contributed by atoms with E-state index in [0.29, 0.717) is 35.5 Å². The predicted octanol–water partition coefficient (Wildman–Crippen LogP) is 4.43. The van der Waals surface area contributed by atoms with Gasteiger partial charge in [-0.2, -0.15) is 4.98 Å². The first-order chi connectivity index (χ1) is 16.3. The Balaban J connectivity index is 1.26. The van der Waals surface area contributed by atoms with Gasteiger partial charge in [0.15, 0.2) is 17.3 Å². The molecule has 33 heavy (non-hydrogen) atoms. The van der Waals surface area contributed by atoms with Gasteiger partial charge in [-0.15, -0.1) is 0 Å². The smallest absolute Gasteiger partial charge is 0.255 e. The number of aromatic nitrogens is 2. The number of benzene rings is 2. The number of fused-ring (bicyclic) bond motifs is 1. The van der Waals surface area contributed by atoms with Crippen molar-refractivity contribution in [1.82, 2.24) is 14.9 Å². The number of anilines is 1. The van der Waals surface area contributed by atoms with Gasteiger partial charge in [-0.25, -0.2) is 4.98 Å². The Morgan fingerprint density at radius 3 is 2.73 bits per heavy atom. The maximum atomic E-state index is 13.4. The van der Waals surface area contributed by atoms with E-state index in [0.717, 1.165) is 17.7 Å². The fraction of sp³-hybridized carbons (Fsp3) is 0.269. The summed E-state index contributed by atoms with van der Waals surface area (Å²) in [4.78, 5) is 24.5. The number of ether oxygens (including phenoxy) is 1. The molecule has 7 nitrogen and oxygen atoms in total. The highest BCUT2D eigenvalue weighted by molar-refractivity contribution is 5.95. The lowest BCUT2D eigenvalue weighted by molar-refractivity contribution is -0.141. The molecule has 2 aromatic heterocycles. The highest BCUT2D eigenvalue weighted by Crippen LogP contribution is 2.39. The molecule has 3 heterocycles. The molecule has 1 aliphatic heterocycles. The summed E-state index contributed by atoms with van der Waals surface area (Å²) < 4.78 is 11.9. The van der Waals surface area contributed by atoms with E-state index in [2.05, 4.69) is 32.3 Å². The lowest BCUT2D eigenvalue weighted by atomic mass is 9.97. The van der Waals surface area contributed by atoms with Crippen molar-refractivity contribution in [2.24, 2.45) is 0 Å². The number of nitrogens with one attached hydrogen (secondary N) is 1. The highest BCUT2D eigenvalue weighted by Gasteiger charge is 2.44. The first kappa shape index (κ1) is 20.1. The highest BCUT2D eigenvalue weighted by atomic mass is 16.5. The Labute approximate surface area is 191 Å². The molecule has 2 atom stereocenters. The molecule has 1 saturated carbocycles. The zero-order valence-electron chi connectivity index (χ0n) is 18.1. The van der Waals surface area contributed by atoms with Crippen LogP contribution in [0.5, 0.6) is 0 Å². The quantitative estimate of drug-likeness (QED) is 0.494. The van der Waals surface area contributed by atoms with Crippen molar-refractivity contribution in [3.63, 3.8) is 0 Å². The first-order valence-electron chi connectivity index (χ1n) is 11.3. The molecule has 1 N–H and O–H groups in total. The van der Waals surface area contributed by atoms with Crippen LogP contribution in [0.25, 0.3) is 22.7 Å². The molecule has 1 amide bonds. The van der Waals surface area contributed by atoms with Gasteiger partial charge < -0.3 is 14.5 Å². The van der Waals surface area contributed by atoms with Crippen LogP contribution in [0.4, 0.5) is 5.69 Å². The van der Waals surface area contributed by atoms with E-state index < -0.39 is 6.10 Å². The van der Waals surface area contributed by atoms with Crippen LogP contribution in [0.15, 0.2) is 77.3 Å². The summed E-state index contributed by atoms with van der Waals surface area (Å²) in [6.45, 7) is 1.39. The van der Waals surface area contributed by atoms with Gasteiger partial charge in [-0.05, 0) is 48.7 Å². The monoisotopic (exact) mass is 440 g/mol. The van der Waals surface area contributed by atoms with Crippen molar-refractivity contribution in [3.05, 3.63) is 78.5 Å². The number of pyridine rings is 1. The molecule has 2 fully saturated rings. The fourth-order valence-corrected chi connectivity index (χ4v) is 4.58. The number of morpholine rings is 1. The van der Waals surface area contributed by atoms with Crippen molar-refractivity contribution in [2.75, 3.05) is 18.5 Å². The summed E-state index contributed by atoms with van der Waals surface area (Å²) in [5.41, 5.74) is 3.74. The number of carbonyl (C=O) groups is 1. The summed E-state index contributed by atoms with van der Waals surface area (Å²) in [6.07, 6.45) is 3.46. The third-order valence-electron chi connectivity index (χ3n) is 6.25. The van der Waals surface area contributed by atoms with E-state index in [1.807, 2.05) is 54.6 Å². The average molecular weight is 441 g/mol. The minimum Gasteiger partial charge on any atom is -0.434 e. The number of hydrogen-bond acceptors (Lipinski definition) is 6. The number of hydrogen-bond donors (Lipinski definition) is 1. The molecule has 1 saturated heterocycles. The van der Waals surface area contributed by atoms with Crippen LogP contribution in [0, 0.1) is 0 Å². The molecule has 4 aromatic rings. The van der Waals surface area contributed by atoms with Crippen LogP contribution in [-0.2, 0) is 9.53 Å². The van der Waals surface area contributed by atoms with Crippen LogP contribution < -0.4 is 5.32 Å². The summed E-state index contributed by atoms with van der Waals surface area (Å²) >= 11 is 0. The molecule has 0 unspecified atom stereocenters. The minimum atomic E-state index is -0.584. The Kier molecular flexibility index (Phi) is 5.13. The maximum absolute atomic E-state index is 13.4. The van der Waals surface area contributed by atoms with Crippen molar-refractivity contribution < 1.29 is 13.9 Å². The molecular formula is C26H24N4O3. The molecule has 6 rings (SSSR count). The molecule has 0 bridgehead atoms. The van der Waals surface area contributed by atoms with E-state index in [1.165, 1.54) is 12.8 Å². The van der Waals surface area contributed by atoms with Crippen molar-refractivity contribution >= 4 is 22.8 Å². The predicted molar refractivity (Wildman–Crippen MR) is 125 cm³/mol. The van der Waals surface area contributed by atoms with E-state index in [9.17, 15) is 4.79 Å². The number of amides is 1. The Bertz CT molecular complexity index is 1250. The summed E-state index contributed by atoms with van der Waals surface area (Å²) in [6, 6.07) is 21.8. The van der Waals surface area contributed by atoms with Crippen LogP contribution in [0.3, 0.4) is 0 Å². The van der Waals surface area contributed by atoms with E-state index in [4.69, 9.17) is 9.15 Å². The lowest BCUT2D eigenvalue weighted by Gasteiger charge is -2.41. The summed E-state index contributed by atoms with van der Waals surface area (Å²) in [5.74, 6) is 0.321. The second-order valence-electron chi connectivity index (χ2n) is 8.53. The third kappa shape index (κ3) is 4.01. The molecule has 0 radical (unpaired) electrons. The summed E-state index contributed by atoms with van der Waals surface area (Å²) in [7, 11) is 0. The standard InChI is InChI=1S/C26H24N4O3/c31-25(23-22(17-6-2-1-3-7-17)30(14-15-32-23)20-11-12-20)28-19-9-4-8-18(16-19)26-29-24-21(33-26)10-5-13-27-24/h1-10,13,16,20,22-23H,11-12,14-15H2,(H,28,31)/t22-,23+/m0/s1. The average Bonchev–Trinajstić information content (AvgIpc) is 3.62. The van der Waals surface area contributed by atoms with Crippen LogP contribution in [0.2, 0.25) is 0 Å². The zero-order valence-corrected chi connectivity index (χ0v) is 18.1. The van der Waals surface area contributed by atoms with Crippen LogP contribution in [-0.4, -0.2) is 46.1 Å². The Hall–Kier alpha value is -3.55. The summed E-state index contributed by atoms with van der Waals surface area (Å²) in [5, 5.41) is 3.06. The normalized spacial score (nSPS) is 21.2. The molecular weight excluding hydrogens is 416 g/mol. The largest absolute Gasteiger partial charge is 0.434 e. The van der Waals surface area contributed by atoms with Crippen molar-refractivity contribution in [1.29, 1.82) is 0 Å². The van der Waals surface area contributed by atoms with Crippen LogP contribution in [0.1, 0.15) is 24.4 Å². The Morgan fingerprint density at radius 2 is 1.91 bits per heavy atom. The molecule has 2 aromatic carbocycles. The topological polar surface area (TPSA) is 80.5 Å². The van der Waals surface area contributed by atoms with Gasteiger partial charge in [0.1, 0.15) is 0 Å². The molecule has 0 spiro atoms. The lowest BCUT2D eigenvalue weighted by Crippen LogP contribution is -2.51. The zero-order chi connectivity index (χ0) is 22.2. The number of rotatable bonds is 5. The number of carbonyl (C=O) groups excluding carboxylic acids is 1. The minimum absolute atomic E-state index is 0.0984. The van der Waals surface area contributed by atoms with Gasteiger partial charge in [-0.3, -0.25) is 9.69 Å². The molecule has 166 valence electrons. The van der Waals surface area contributed by atoms with E-state index in [1.54, 1.807) is 6.20 Å². The second kappa shape index (κ2) is 8.42.